The van der Waals surface area contributed by atoms with Crippen LogP contribution in [0.1, 0.15) is 36.5 Å². The zero-order chi connectivity index (χ0) is 13.1. The van der Waals surface area contributed by atoms with Crippen LogP contribution >= 0.6 is 0 Å². The Morgan fingerprint density at radius 3 is 2.94 bits per heavy atom. The fraction of sp³-hybridized carbons (Fsp3) is 0.692. The zero-order valence-electron chi connectivity index (χ0n) is 11.2. The largest absolute Gasteiger partial charge is 0.381 e. The van der Waals surface area contributed by atoms with E-state index in [2.05, 4.69) is 15.3 Å². The van der Waals surface area contributed by atoms with Gasteiger partial charge in [-0.2, -0.15) is 0 Å². The minimum absolute atomic E-state index is 0.0162. The summed E-state index contributed by atoms with van der Waals surface area (Å²) in [7, 11) is 0. The van der Waals surface area contributed by atoms with Crippen molar-refractivity contribution in [1.82, 2.24) is 15.3 Å². The van der Waals surface area contributed by atoms with Gasteiger partial charge in [-0.25, -0.2) is 4.98 Å². The Morgan fingerprint density at radius 1 is 1.56 bits per heavy atom. The molecule has 5 nitrogen and oxygen atoms in total. The van der Waals surface area contributed by atoms with Crippen molar-refractivity contribution in [2.45, 2.75) is 33.2 Å². The second kappa shape index (κ2) is 5.63. The molecule has 1 fully saturated rings. The summed E-state index contributed by atoms with van der Waals surface area (Å²) in [6, 6.07) is 0.0162. The van der Waals surface area contributed by atoms with Crippen LogP contribution in [-0.2, 0) is 4.74 Å². The molecule has 2 unspecified atom stereocenters. The molecule has 0 saturated carbocycles. The molecule has 0 aromatic carbocycles. The maximum absolute atomic E-state index is 11.9. The van der Waals surface area contributed by atoms with Gasteiger partial charge in [-0.15, -0.1) is 0 Å². The lowest BCUT2D eigenvalue weighted by Gasteiger charge is -2.17. The van der Waals surface area contributed by atoms with E-state index in [0.717, 1.165) is 37.4 Å². The van der Waals surface area contributed by atoms with Gasteiger partial charge in [0.25, 0.3) is 5.56 Å². The van der Waals surface area contributed by atoms with E-state index in [-0.39, 0.29) is 11.6 Å². The Hall–Kier alpha value is -1.20. The quantitative estimate of drug-likeness (QED) is 0.840. The average molecular weight is 251 g/mol. The predicted octanol–water partition coefficient (Wildman–Crippen LogP) is 1.07. The Morgan fingerprint density at radius 2 is 2.33 bits per heavy atom. The third-order valence-electron chi connectivity index (χ3n) is 3.43. The van der Waals surface area contributed by atoms with Gasteiger partial charge in [-0.05, 0) is 33.1 Å². The summed E-state index contributed by atoms with van der Waals surface area (Å²) in [5.74, 6) is 1.22. The average Bonchev–Trinajstić information content (AvgIpc) is 2.77. The van der Waals surface area contributed by atoms with Crippen LogP contribution in [0.15, 0.2) is 4.79 Å². The first-order chi connectivity index (χ1) is 8.58. The number of aromatic amines is 1. The third-order valence-corrected chi connectivity index (χ3v) is 3.43. The van der Waals surface area contributed by atoms with Crippen LogP contribution in [0.3, 0.4) is 0 Å². The van der Waals surface area contributed by atoms with Crippen molar-refractivity contribution in [3.05, 3.63) is 27.4 Å². The van der Waals surface area contributed by atoms with Crippen molar-refractivity contribution in [1.29, 1.82) is 0 Å². The molecule has 0 radical (unpaired) electrons. The summed E-state index contributed by atoms with van der Waals surface area (Å²) < 4.78 is 5.34. The van der Waals surface area contributed by atoms with Crippen LogP contribution in [-0.4, -0.2) is 29.7 Å². The van der Waals surface area contributed by atoms with E-state index >= 15 is 0 Å². The highest BCUT2D eigenvalue weighted by atomic mass is 16.5. The molecule has 2 atom stereocenters. The van der Waals surface area contributed by atoms with Crippen molar-refractivity contribution in [3.63, 3.8) is 0 Å². The van der Waals surface area contributed by atoms with Gasteiger partial charge in [0.1, 0.15) is 5.82 Å². The number of aryl methyl sites for hydroxylation is 2. The number of H-pyrrole nitrogens is 1. The fourth-order valence-electron chi connectivity index (χ4n) is 2.44. The Balaban J connectivity index is 2.04. The molecule has 0 amide bonds. The minimum atomic E-state index is -0.0392. The first-order valence-electron chi connectivity index (χ1n) is 6.46. The van der Waals surface area contributed by atoms with Gasteiger partial charge in [0.15, 0.2) is 0 Å². The Labute approximate surface area is 107 Å². The van der Waals surface area contributed by atoms with E-state index in [1.807, 2.05) is 13.8 Å². The normalized spacial score (nSPS) is 21.2. The van der Waals surface area contributed by atoms with E-state index in [0.29, 0.717) is 11.7 Å². The van der Waals surface area contributed by atoms with Crippen molar-refractivity contribution < 1.29 is 4.74 Å². The van der Waals surface area contributed by atoms with E-state index in [9.17, 15) is 4.79 Å². The zero-order valence-corrected chi connectivity index (χ0v) is 11.2. The van der Waals surface area contributed by atoms with Gasteiger partial charge in [0.2, 0.25) is 0 Å². The van der Waals surface area contributed by atoms with Crippen LogP contribution in [0.25, 0.3) is 0 Å². The number of rotatable bonds is 4. The molecule has 1 aromatic rings. The number of nitrogens with zero attached hydrogens (tertiary/aromatic N) is 1. The van der Waals surface area contributed by atoms with Crippen molar-refractivity contribution >= 4 is 0 Å². The van der Waals surface area contributed by atoms with Gasteiger partial charge < -0.3 is 15.0 Å². The van der Waals surface area contributed by atoms with Crippen LogP contribution in [0.2, 0.25) is 0 Å². The number of nitrogens with one attached hydrogen (secondary N) is 2. The molecule has 1 aromatic heterocycles. The number of hydrogen-bond acceptors (Lipinski definition) is 4. The lowest BCUT2D eigenvalue weighted by molar-refractivity contribution is 0.184. The van der Waals surface area contributed by atoms with Gasteiger partial charge >= 0.3 is 0 Å². The molecule has 100 valence electrons. The molecule has 0 bridgehead atoms. The maximum Gasteiger partial charge on any atom is 0.255 e. The molecular formula is C13H21N3O2. The second-order valence-electron chi connectivity index (χ2n) is 5.01. The molecule has 0 spiro atoms. The highest BCUT2D eigenvalue weighted by molar-refractivity contribution is 5.19. The third kappa shape index (κ3) is 2.97. The number of aromatic nitrogens is 2. The molecule has 1 aliphatic rings. The van der Waals surface area contributed by atoms with Gasteiger partial charge in [-0.3, -0.25) is 4.79 Å². The SMILES string of the molecule is Cc1nc(C)c(C(C)NCC2CCOC2)c(=O)[nH]1. The molecule has 1 saturated heterocycles. The summed E-state index contributed by atoms with van der Waals surface area (Å²) in [5.41, 5.74) is 1.50. The number of hydrogen-bond donors (Lipinski definition) is 2. The van der Waals surface area contributed by atoms with Crippen molar-refractivity contribution in [3.8, 4) is 0 Å². The minimum Gasteiger partial charge on any atom is -0.381 e. The fourth-order valence-corrected chi connectivity index (χ4v) is 2.44. The standard InChI is InChI=1S/C13H21N3O2/c1-8(14-6-11-4-5-18-7-11)12-9(2)15-10(3)16-13(12)17/h8,11,14H,4-7H2,1-3H3,(H,15,16,17). The Kier molecular flexibility index (Phi) is 4.14. The first-order valence-corrected chi connectivity index (χ1v) is 6.46. The molecular weight excluding hydrogens is 230 g/mol. The highest BCUT2D eigenvalue weighted by Gasteiger charge is 2.19. The van der Waals surface area contributed by atoms with E-state index in [1.165, 1.54) is 0 Å². The topological polar surface area (TPSA) is 67.0 Å². The number of ether oxygens (including phenoxy) is 1. The molecule has 18 heavy (non-hydrogen) atoms. The van der Waals surface area contributed by atoms with Crippen LogP contribution < -0.4 is 10.9 Å². The molecule has 2 heterocycles. The molecule has 2 rings (SSSR count). The van der Waals surface area contributed by atoms with Crippen LogP contribution in [0.4, 0.5) is 0 Å². The second-order valence-corrected chi connectivity index (χ2v) is 5.01. The van der Waals surface area contributed by atoms with Gasteiger partial charge in [0, 0.05) is 24.9 Å². The van der Waals surface area contributed by atoms with Crippen molar-refractivity contribution in [2.75, 3.05) is 19.8 Å². The highest BCUT2D eigenvalue weighted by Crippen LogP contribution is 2.15. The van der Waals surface area contributed by atoms with Gasteiger partial charge in [0.05, 0.1) is 12.2 Å². The van der Waals surface area contributed by atoms with E-state index in [1.54, 1.807) is 6.92 Å². The van der Waals surface area contributed by atoms with Gasteiger partial charge in [-0.1, -0.05) is 0 Å². The summed E-state index contributed by atoms with van der Waals surface area (Å²) in [6.07, 6.45) is 1.10. The van der Waals surface area contributed by atoms with E-state index < -0.39 is 0 Å². The summed E-state index contributed by atoms with van der Waals surface area (Å²) >= 11 is 0. The maximum atomic E-state index is 11.9. The Bertz CT molecular complexity index is 464. The molecule has 5 heteroatoms. The smallest absolute Gasteiger partial charge is 0.255 e. The lowest BCUT2D eigenvalue weighted by Crippen LogP contribution is -2.31. The van der Waals surface area contributed by atoms with Crippen LogP contribution in [0, 0.1) is 19.8 Å². The molecule has 1 aliphatic heterocycles. The summed E-state index contributed by atoms with van der Waals surface area (Å²) in [5, 5.41) is 3.40. The van der Waals surface area contributed by atoms with Crippen LogP contribution in [0.5, 0.6) is 0 Å². The summed E-state index contributed by atoms with van der Waals surface area (Å²) in [6.45, 7) is 8.24. The summed E-state index contributed by atoms with van der Waals surface area (Å²) in [4.78, 5) is 19.0. The van der Waals surface area contributed by atoms with Crippen molar-refractivity contribution in [2.24, 2.45) is 5.92 Å². The van der Waals surface area contributed by atoms with E-state index in [4.69, 9.17) is 4.74 Å². The lowest BCUT2D eigenvalue weighted by atomic mass is 10.1. The molecule has 2 N–H and O–H groups in total. The molecule has 0 aliphatic carbocycles. The first kappa shape index (κ1) is 13.2. The monoisotopic (exact) mass is 251 g/mol. The predicted molar refractivity (Wildman–Crippen MR) is 69.7 cm³/mol.